The highest BCUT2D eigenvalue weighted by Gasteiger charge is 2.32. The van der Waals surface area contributed by atoms with Crippen LogP contribution in [-0.2, 0) is 0 Å². The van der Waals surface area contributed by atoms with Crippen molar-refractivity contribution in [2.24, 2.45) is 5.92 Å². The highest BCUT2D eigenvalue weighted by Crippen LogP contribution is 2.29. The average Bonchev–Trinajstić information content (AvgIpc) is 2.95. The summed E-state index contributed by atoms with van der Waals surface area (Å²) in [6.45, 7) is 11.6. The van der Waals surface area contributed by atoms with Gasteiger partial charge in [0.1, 0.15) is 0 Å². The van der Waals surface area contributed by atoms with E-state index < -0.39 is 11.7 Å². The van der Waals surface area contributed by atoms with Crippen molar-refractivity contribution in [3.63, 3.8) is 0 Å². The number of aromatic nitrogens is 1. The van der Waals surface area contributed by atoms with E-state index in [-0.39, 0.29) is 12.0 Å². The van der Waals surface area contributed by atoms with Crippen LogP contribution >= 0.6 is 0 Å². The summed E-state index contributed by atoms with van der Waals surface area (Å²) in [7, 11) is 0. The summed E-state index contributed by atoms with van der Waals surface area (Å²) in [5.41, 5.74) is 1.02. The molecule has 1 rings (SSSR count). The smallest absolute Gasteiger partial charge is 0.371 e. The Hall–Kier alpha value is -1.95. The van der Waals surface area contributed by atoms with Crippen LogP contribution in [0, 0.1) is 5.92 Å². The van der Waals surface area contributed by atoms with Crippen LogP contribution in [0.2, 0.25) is 0 Å². The fourth-order valence-corrected chi connectivity index (χ4v) is 2.67. The van der Waals surface area contributed by atoms with Gasteiger partial charge < -0.3 is 10.3 Å². The predicted molar refractivity (Wildman–Crippen MR) is 109 cm³/mol. The molecule has 1 aromatic rings. The van der Waals surface area contributed by atoms with Crippen LogP contribution < -0.4 is 21.2 Å². The molecule has 0 fully saturated rings. The lowest BCUT2D eigenvalue weighted by molar-refractivity contribution is -0.0887. The van der Waals surface area contributed by atoms with Crippen molar-refractivity contribution in [1.82, 2.24) is 10.3 Å². The van der Waals surface area contributed by atoms with E-state index in [4.69, 9.17) is 0 Å². The van der Waals surface area contributed by atoms with Gasteiger partial charge in [0, 0.05) is 22.8 Å². The second kappa shape index (κ2) is 10.4. The van der Waals surface area contributed by atoms with Gasteiger partial charge >= 0.3 is 6.18 Å². The van der Waals surface area contributed by atoms with Gasteiger partial charge in [0.25, 0.3) is 0 Å². The summed E-state index contributed by atoms with van der Waals surface area (Å²) in [6, 6.07) is -0.190. The zero-order valence-electron chi connectivity index (χ0n) is 17.1. The molecule has 0 spiro atoms. The Kier molecular flexibility index (Phi) is 8.89. The molecule has 1 atom stereocenters. The molecule has 0 saturated heterocycles. The number of hydrogen-bond acceptors (Lipinski definition) is 2. The van der Waals surface area contributed by atoms with E-state index in [1.54, 1.807) is 20.8 Å². The number of halogens is 3. The normalized spacial score (nSPS) is 16.4. The van der Waals surface area contributed by atoms with Gasteiger partial charge in [0.15, 0.2) is 0 Å². The van der Waals surface area contributed by atoms with E-state index in [1.807, 2.05) is 26.1 Å². The van der Waals surface area contributed by atoms with Crippen molar-refractivity contribution >= 4 is 17.8 Å². The van der Waals surface area contributed by atoms with Crippen LogP contribution in [0.1, 0.15) is 48.0 Å². The maximum absolute atomic E-state index is 13.2. The summed E-state index contributed by atoms with van der Waals surface area (Å²) < 4.78 is 39.5. The second-order valence-corrected chi connectivity index (χ2v) is 6.96. The lowest BCUT2D eigenvalue weighted by Gasteiger charge is -2.17. The summed E-state index contributed by atoms with van der Waals surface area (Å²) >= 11 is 0. The Morgan fingerprint density at radius 1 is 1.26 bits per heavy atom. The SMILES string of the molecule is C/C=c1/[nH]cc(NCNC(C)/C(C)=C\C(=C/C(C)C)C(F)(F)F)/c1=C/CC. The van der Waals surface area contributed by atoms with Gasteiger partial charge in [-0.25, -0.2) is 0 Å². The van der Waals surface area contributed by atoms with Gasteiger partial charge in [0.2, 0.25) is 0 Å². The Morgan fingerprint density at radius 3 is 2.44 bits per heavy atom. The van der Waals surface area contributed by atoms with Crippen molar-refractivity contribution in [3.05, 3.63) is 40.1 Å². The van der Waals surface area contributed by atoms with Gasteiger partial charge in [-0.3, -0.25) is 5.32 Å². The van der Waals surface area contributed by atoms with Gasteiger partial charge in [-0.05, 0) is 39.2 Å². The molecule has 1 aromatic heterocycles. The molecule has 0 aliphatic rings. The maximum atomic E-state index is 13.2. The molecule has 0 aliphatic carbocycles. The number of nitrogens with one attached hydrogen (secondary N) is 3. The molecule has 3 nitrogen and oxygen atoms in total. The van der Waals surface area contributed by atoms with E-state index in [9.17, 15) is 13.2 Å². The van der Waals surface area contributed by atoms with E-state index in [0.29, 0.717) is 12.2 Å². The molecular formula is C21H32F3N3. The zero-order valence-corrected chi connectivity index (χ0v) is 17.1. The standard InChI is InChI=1S/C21H32F3N3/c1-7-9-18-19(8-2)25-12-20(18)27-13-26-16(6)15(5)11-17(10-14(3)4)21(22,23)24/h8-12,14,16,25-27H,7,13H2,1-6H3/b15-11-,17-10+,18-9+,19-8+. The van der Waals surface area contributed by atoms with Gasteiger partial charge in [-0.15, -0.1) is 0 Å². The highest BCUT2D eigenvalue weighted by atomic mass is 19.4. The lowest BCUT2D eigenvalue weighted by atomic mass is 10.0. The largest absolute Gasteiger partial charge is 0.416 e. The Bertz CT molecular complexity index is 768. The van der Waals surface area contributed by atoms with E-state index in [1.165, 1.54) is 12.2 Å². The number of rotatable bonds is 8. The van der Waals surface area contributed by atoms with Gasteiger partial charge in [-0.2, -0.15) is 13.2 Å². The number of hydrogen-bond donors (Lipinski definition) is 3. The summed E-state index contributed by atoms with van der Waals surface area (Å²) in [5.74, 6) is -0.165. The first kappa shape index (κ1) is 23.1. The molecule has 3 N–H and O–H groups in total. The summed E-state index contributed by atoms with van der Waals surface area (Å²) in [4.78, 5) is 3.21. The average molecular weight is 384 g/mol. The van der Waals surface area contributed by atoms with E-state index in [0.717, 1.165) is 22.7 Å². The topological polar surface area (TPSA) is 39.9 Å². The number of allylic oxidation sites excluding steroid dienone is 3. The van der Waals surface area contributed by atoms with Gasteiger partial charge in [0.05, 0.1) is 17.9 Å². The predicted octanol–water partition coefficient (Wildman–Crippen LogP) is 4.44. The van der Waals surface area contributed by atoms with Crippen molar-refractivity contribution < 1.29 is 13.2 Å². The number of alkyl halides is 3. The number of H-pyrrole nitrogens is 1. The van der Waals surface area contributed by atoms with Crippen LogP contribution in [-0.4, -0.2) is 23.9 Å². The quantitative estimate of drug-likeness (QED) is 0.459. The zero-order chi connectivity index (χ0) is 20.6. The molecule has 152 valence electrons. The summed E-state index contributed by atoms with van der Waals surface area (Å²) in [6.07, 6.45) is 5.11. The molecule has 0 radical (unpaired) electrons. The molecule has 1 heterocycles. The third-order valence-corrected chi connectivity index (χ3v) is 4.24. The molecule has 0 aliphatic heterocycles. The minimum Gasteiger partial charge on any atom is -0.371 e. The molecule has 0 bridgehead atoms. The number of anilines is 1. The van der Waals surface area contributed by atoms with Crippen molar-refractivity contribution in [1.29, 1.82) is 0 Å². The molecule has 6 heteroatoms. The maximum Gasteiger partial charge on any atom is 0.416 e. The molecule has 0 saturated carbocycles. The molecule has 0 aromatic carbocycles. The Morgan fingerprint density at radius 2 is 1.93 bits per heavy atom. The van der Waals surface area contributed by atoms with Crippen LogP contribution in [0.4, 0.5) is 18.9 Å². The monoisotopic (exact) mass is 383 g/mol. The van der Waals surface area contributed by atoms with E-state index >= 15 is 0 Å². The molecule has 27 heavy (non-hydrogen) atoms. The van der Waals surface area contributed by atoms with Crippen LogP contribution in [0.3, 0.4) is 0 Å². The molecule has 1 unspecified atom stereocenters. The summed E-state index contributed by atoms with van der Waals surface area (Å²) in [5, 5.41) is 8.69. The third-order valence-electron chi connectivity index (χ3n) is 4.24. The lowest BCUT2D eigenvalue weighted by Crippen LogP contribution is -2.34. The Labute approximate surface area is 160 Å². The first-order chi connectivity index (χ1) is 12.6. The van der Waals surface area contributed by atoms with Gasteiger partial charge in [-0.1, -0.05) is 44.6 Å². The van der Waals surface area contributed by atoms with Crippen molar-refractivity contribution in [2.45, 2.75) is 60.2 Å². The van der Waals surface area contributed by atoms with E-state index in [2.05, 4.69) is 28.6 Å². The van der Waals surface area contributed by atoms with Crippen molar-refractivity contribution in [3.8, 4) is 0 Å². The fourth-order valence-electron chi connectivity index (χ4n) is 2.67. The highest BCUT2D eigenvalue weighted by molar-refractivity contribution is 5.49. The van der Waals surface area contributed by atoms with Crippen LogP contribution in [0.5, 0.6) is 0 Å². The minimum atomic E-state index is -4.34. The second-order valence-electron chi connectivity index (χ2n) is 6.96. The molecular weight excluding hydrogens is 351 g/mol. The minimum absolute atomic E-state index is 0.165. The van der Waals surface area contributed by atoms with Crippen LogP contribution in [0.15, 0.2) is 29.5 Å². The Balaban J connectivity index is 2.81. The van der Waals surface area contributed by atoms with Crippen molar-refractivity contribution in [2.75, 3.05) is 12.0 Å². The van der Waals surface area contributed by atoms with Crippen LogP contribution in [0.25, 0.3) is 12.2 Å². The third kappa shape index (κ3) is 7.29. The molecule has 0 amide bonds. The fraction of sp³-hybridized carbons (Fsp3) is 0.524. The number of aromatic amines is 1. The first-order valence-electron chi connectivity index (χ1n) is 9.38. The first-order valence-corrected chi connectivity index (χ1v) is 9.38.